The molecule has 0 unspecified atom stereocenters. The summed E-state index contributed by atoms with van der Waals surface area (Å²) in [5.41, 5.74) is 1.33. The molecule has 0 spiro atoms. The normalized spacial score (nSPS) is 11.2. The van der Waals surface area contributed by atoms with Gasteiger partial charge in [-0.15, -0.1) is 11.8 Å². The second kappa shape index (κ2) is 13.0. The molecule has 1 aromatic heterocycles. The molecule has 0 amide bonds. The third-order valence-corrected chi connectivity index (χ3v) is 5.92. The average molecular weight is 374 g/mol. The van der Waals surface area contributed by atoms with Crippen LogP contribution in [0.5, 0.6) is 0 Å². The molecule has 0 saturated heterocycles. The van der Waals surface area contributed by atoms with Gasteiger partial charge in [0.05, 0.1) is 12.1 Å². The summed E-state index contributed by atoms with van der Waals surface area (Å²) in [5, 5.41) is 0. The van der Waals surface area contributed by atoms with Crippen molar-refractivity contribution in [1.82, 2.24) is 4.57 Å². The molecular formula is C23H37N2S+. The minimum absolute atomic E-state index is 1.05. The van der Waals surface area contributed by atoms with Gasteiger partial charge in [-0.1, -0.05) is 70.6 Å². The van der Waals surface area contributed by atoms with Gasteiger partial charge in [-0.05, 0) is 37.1 Å². The summed E-state index contributed by atoms with van der Waals surface area (Å²) in [6.45, 7) is 5.68. The van der Waals surface area contributed by atoms with E-state index in [-0.39, 0.29) is 0 Å². The van der Waals surface area contributed by atoms with Crippen molar-refractivity contribution in [2.24, 2.45) is 0 Å². The Hall–Kier alpha value is -1.22. The number of rotatable bonds is 14. The number of aromatic nitrogens is 2. The predicted molar refractivity (Wildman–Crippen MR) is 115 cm³/mol. The van der Waals surface area contributed by atoms with Crippen LogP contribution in [-0.4, -0.2) is 10.3 Å². The van der Waals surface area contributed by atoms with Crippen molar-refractivity contribution in [3.8, 4) is 11.4 Å². The van der Waals surface area contributed by atoms with Crippen molar-refractivity contribution in [2.75, 3.05) is 5.75 Å². The van der Waals surface area contributed by atoms with E-state index in [0.717, 1.165) is 12.4 Å². The Kier molecular flexibility index (Phi) is 10.6. The molecule has 0 saturated carbocycles. The molecule has 0 aliphatic carbocycles. The number of nitrogens with zero attached hydrogens (tertiary/aromatic N) is 2. The first kappa shape index (κ1) is 21.1. The first-order chi connectivity index (χ1) is 12.9. The van der Waals surface area contributed by atoms with E-state index < -0.39 is 0 Å². The van der Waals surface area contributed by atoms with Gasteiger partial charge in [-0.25, -0.2) is 9.13 Å². The van der Waals surface area contributed by atoms with Crippen LogP contribution in [0.1, 0.15) is 71.6 Å². The molecule has 0 bridgehead atoms. The van der Waals surface area contributed by atoms with Crippen molar-refractivity contribution >= 4 is 11.8 Å². The smallest absolute Gasteiger partial charge is 0.230 e. The van der Waals surface area contributed by atoms with Crippen LogP contribution in [0.25, 0.3) is 11.4 Å². The van der Waals surface area contributed by atoms with E-state index >= 15 is 0 Å². The Morgan fingerprint density at radius 1 is 0.846 bits per heavy atom. The van der Waals surface area contributed by atoms with Crippen LogP contribution in [0.2, 0.25) is 0 Å². The predicted octanol–water partition coefficient (Wildman–Crippen LogP) is 6.68. The third kappa shape index (κ3) is 7.19. The van der Waals surface area contributed by atoms with E-state index in [1.807, 2.05) is 0 Å². The van der Waals surface area contributed by atoms with Crippen molar-refractivity contribution in [2.45, 2.75) is 84.1 Å². The van der Waals surface area contributed by atoms with Crippen LogP contribution in [0.4, 0.5) is 0 Å². The van der Waals surface area contributed by atoms with E-state index in [1.54, 1.807) is 0 Å². The highest BCUT2D eigenvalue weighted by atomic mass is 32.2. The van der Waals surface area contributed by atoms with Gasteiger partial charge in [0.25, 0.3) is 5.82 Å². The van der Waals surface area contributed by atoms with Gasteiger partial charge in [0, 0.05) is 0 Å². The minimum atomic E-state index is 1.05. The van der Waals surface area contributed by atoms with Crippen LogP contribution in [0.15, 0.2) is 42.7 Å². The fraction of sp³-hybridized carbons (Fsp3) is 0.609. The lowest BCUT2D eigenvalue weighted by Gasteiger charge is -2.06. The summed E-state index contributed by atoms with van der Waals surface area (Å²) >= 11 is 2.06. The zero-order chi connectivity index (χ0) is 18.5. The van der Waals surface area contributed by atoms with Crippen LogP contribution in [0, 0.1) is 0 Å². The number of thioether (sulfide) groups is 1. The van der Waals surface area contributed by atoms with Crippen molar-refractivity contribution in [3.05, 3.63) is 42.7 Å². The maximum atomic E-state index is 2.46. The molecule has 0 N–H and O–H groups in total. The van der Waals surface area contributed by atoms with E-state index in [1.165, 1.54) is 74.9 Å². The maximum absolute atomic E-state index is 2.46. The van der Waals surface area contributed by atoms with Gasteiger partial charge in [-0.3, -0.25) is 0 Å². The van der Waals surface area contributed by atoms with E-state index in [4.69, 9.17) is 0 Å². The lowest BCUT2D eigenvalue weighted by molar-refractivity contribution is -0.664. The van der Waals surface area contributed by atoms with Gasteiger partial charge in [0.15, 0.2) is 0 Å². The van der Waals surface area contributed by atoms with E-state index in [2.05, 4.69) is 77.5 Å². The fourth-order valence-electron chi connectivity index (χ4n) is 3.35. The molecule has 26 heavy (non-hydrogen) atoms. The number of hydrogen-bond donors (Lipinski definition) is 0. The molecule has 2 nitrogen and oxygen atoms in total. The molecule has 0 aliphatic rings. The summed E-state index contributed by atoms with van der Waals surface area (Å²) in [4.78, 5) is 0. The van der Waals surface area contributed by atoms with E-state index in [0.29, 0.717) is 0 Å². The second-order valence-electron chi connectivity index (χ2n) is 7.16. The Balaban J connectivity index is 1.96. The molecule has 144 valence electrons. The summed E-state index contributed by atoms with van der Waals surface area (Å²) < 4.78 is 4.89. The summed E-state index contributed by atoms with van der Waals surface area (Å²) in [6, 6.07) is 10.9. The highest BCUT2D eigenvalue weighted by Crippen LogP contribution is 2.18. The zero-order valence-corrected chi connectivity index (χ0v) is 17.6. The van der Waals surface area contributed by atoms with Gasteiger partial charge in [0.2, 0.25) is 0 Å². The molecule has 0 fully saturated rings. The highest BCUT2D eigenvalue weighted by Gasteiger charge is 2.18. The Labute approximate surface area is 165 Å². The number of hydrogen-bond acceptors (Lipinski definition) is 1. The first-order valence-electron chi connectivity index (χ1n) is 10.6. The first-order valence-corrected chi connectivity index (χ1v) is 11.7. The molecular weight excluding hydrogens is 336 g/mol. The molecule has 2 rings (SSSR count). The summed E-state index contributed by atoms with van der Waals surface area (Å²) in [6.07, 6.45) is 16.6. The fourth-order valence-corrected chi connectivity index (χ4v) is 4.29. The number of unbranched alkanes of at least 4 members (excludes halogenated alkanes) is 7. The lowest BCUT2D eigenvalue weighted by Crippen LogP contribution is -2.33. The molecule has 1 aromatic carbocycles. The number of aryl methyl sites for hydroxylation is 1. The van der Waals surface area contributed by atoms with Crippen molar-refractivity contribution < 1.29 is 4.57 Å². The minimum Gasteiger partial charge on any atom is -0.230 e. The quantitative estimate of drug-likeness (QED) is 0.265. The SMILES string of the molecule is CCCCCCCCn1cc[n+](CSCCCCC)c1-c1ccccc1. The highest BCUT2D eigenvalue weighted by molar-refractivity contribution is 7.98. The zero-order valence-electron chi connectivity index (χ0n) is 16.8. The van der Waals surface area contributed by atoms with Crippen LogP contribution in [0.3, 0.4) is 0 Å². The Morgan fingerprint density at radius 3 is 2.31 bits per heavy atom. The number of benzene rings is 1. The van der Waals surface area contributed by atoms with E-state index in [9.17, 15) is 0 Å². The van der Waals surface area contributed by atoms with Gasteiger partial charge in [-0.2, -0.15) is 0 Å². The topological polar surface area (TPSA) is 8.81 Å². The lowest BCUT2D eigenvalue weighted by atomic mass is 10.1. The van der Waals surface area contributed by atoms with Crippen molar-refractivity contribution in [3.63, 3.8) is 0 Å². The second-order valence-corrected chi connectivity index (χ2v) is 8.24. The van der Waals surface area contributed by atoms with Gasteiger partial charge >= 0.3 is 0 Å². The molecule has 0 atom stereocenters. The Morgan fingerprint density at radius 2 is 1.54 bits per heavy atom. The molecule has 2 aromatic rings. The van der Waals surface area contributed by atoms with Crippen molar-refractivity contribution in [1.29, 1.82) is 0 Å². The third-order valence-electron chi connectivity index (χ3n) is 4.88. The monoisotopic (exact) mass is 373 g/mol. The van der Waals surface area contributed by atoms with Crippen LogP contribution in [-0.2, 0) is 12.4 Å². The molecule has 0 radical (unpaired) electrons. The van der Waals surface area contributed by atoms with Crippen LogP contribution >= 0.6 is 11.8 Å². The summed E-state index contributed by atoms with van der Waals surface area (Å²) in [7, 11) is 0. The average Bonchev–Trinajstić information content (AvgIpc) is 3.08. The maximum Gasteiger partial charge on any atom is 0.289 e. The molecule has 1 heterocycles. The standard InChI is InChI=1S/C23H37N2S/c1-3-5-7-8-9-13-17-24-18-19-25(21-26-20-14-6-4-2)23(24)22-15-11-10-12-16-22/h10-12,15-16,18-19H,3-9,13-14,17,20-21H2,1-2H3/q+1. The largest absolute Gasteiger partial charge is 0.289 e. The van der Waals surface area contributed by atoms with Gasteiger partial charge < -0.3 is 0 Å². The van der Waals surface area contributed by atoms with Crippen LogP contribution < -0.4 is 4.57 Å². The van der Waals surface area contributed by atoms with Gasteiger partial charge in [0.1, 0.15) is 18.3 Å². The molecule has 3 heteroatoms. The Bertz CT molecular complexity index is 592. The molecule has 0 aliphatic heterocycles. The summed E-state index contributed by atoms with van der Waals surface area (Å²) in [5.74, 6) is 3.68. The number of imidazole rings is 1.